The van der Waals surface area contributed by atoms with Gasteiger partial charge in [0.15, 0.2) is 5.65 Å². The molecule has 0 amide bonds. The fourth-order valence-corrected chi connectivity index (χ4v) is 5.69. The van der Waals surface area contributed by atoms with Crippen molar-refractivity contribution in [3.05, 3.63) is 55.0 Å². The summed E-state index contributed by atoms with van der Waals surface area (Å²) >= 11 is 0. The lowest BCUT2D eigenvalue weighted by molar-refractivity contribution is -0.0217. The van der Waals surface area contributed by atoms with Crippen LogP contribution in [0, 0.1) is 0 Å². The van der Waals surface area contributed by atoms with Crippen molar-refractivity contribution < 1.29 is 4.74 Å². The number of ether oxygens (including phenoxy) is 1. The number of hydrogen-bond donors (Lipinski definition) is 2. The Balaban J connectivity index is 1.09. The summed E-state index contributed by atoms with van der Waals surface area (Å²) in [5.74, 6) is 1.71. The predicted octanol–water partition coefficient (Wildman–Crippen LogP) is 2.56. The van der Waals surface area contributed by atoms with Crippen LogP contribution < -0.4 is 15.8 Å². The van der Waals surface area contributed by atoms with Crippen LogP contribution in [0.25, 0.3) is 22.3 Å². The number of nitrogens with two attached hydrogens (primary N) is 1. The van der Waals surface area contributed by atoms with E-state index in [0.717, 1.165) is 73.1 Å². The van der Waals surface area contributed by atoms with E-state index in [1.54, 1.807) is 6.20 Å². The molecule has 0 spiro atoms. The molecule has 0 atom stereocenters. The maximum absolute atomic E-state index is 6.34. The number of nitrogens with one attached hydrogen (secondary N) is 1. The van der Waals surface area contributed by atoms with Crippen LogP contribution in [0.4, 0.5) is 5.82 Å². The van der Waals surface area contributed by atoms with Gasteiger partial charge in [0, 0.05) is 69.2 Å². The lowest BCUT2D eigenvalue weighted by atomic mass is 9.97. The SMILES string of the molecule is Nc1ncnc2c1c(-c1ccc(Oc3ccccc3)nc1)nn2C1CCN(C2CN(C3CNC3)C2)CC1. The number of para-hydroxylation sites is 1. The summed E-state index contributed by atoms with van der Waals surface area (Å²) in [7, 11) is 0. The van der Waals surface area contributed by atoms with Crippen molar-refractivity contribution in [2.75, 3.05) is 45.0 Å². The summed E-state index contributed by atoms with van der Waals surface area (Å²) in [6, 6.07) is 15.2. The lowest BCUT2D eigenvalue weighted by Crippen LogP contribution is -2.69. The molecule has 6 heterocycles. The number of likely N-dealkylation sites (tertiary alicyclic amines) is 2. The Morgan fingerprint density at radius 3 is 2.38 bits per heavy atom. The molecule has 0 bridgehead atoms. The van der Waals surface area contributed by atoms with E-state index in [-0.39, 0.29) is 6.04 Å². The van der Waals surface area contributed by atoms with Gasteiger partial charge in [-0.2, -0.15) is 5.10 Å². The van der Waals surface area contributed by atoms with Crippen LogP contribution in [0.15, 0.2) is 55.0 Å². The molecule has 3 aliphatic rings. The van der Waals surface area contributed by atoms with Crippen LogP contribution in [0.1, 0.15) is 18.9 Å². The third-order valence-corrected chi connectivity index (χ3v) is 8.02. The molecule has 3 aliphatic heterocycles. The molecule has 7 rings (SSSR count). The van der Waals surface area contributed by atoms with E-state index >= 15 is 0 Å². The predicted molar refractivity (Wildman–Crippen MR) is 141 cm³/mol. The number of aromatic nitrogens is 5. The van der Waals surface area contributed by atoms with E-state index < -0.39 is 0 Å². The number of fused-ring (bicyclic) bond motifs is 1. The molecule has 0 radical (unpaired) electrons. The number of rotatable bonds is 6. The van der Waals surface area contributed by atoms with Crippen molar-refractivity contribution >= 4 is 16.9 Å². The fourth-order valence-electron chi connectivity index (χ4n) is 5.69. The first kappa shape index (κ1) is 22.6. The molecule has 190 valence electrons. The summed E-state index contributed by atoms with van der Waals surface area (Å²) < 4.78 is 7.93. The first-order valence-electron chi connectivity index (χ1n) is 13.1. The van der Waals surface area contributed by atoms with E-state index in [4.69, 9.17) is 15.6 Å². The Labute approximate surface area is 215 Å². The summed E-state index contributed by atoms with van der Waals surface area (Å²) in [6.45, 7) is 6.85. The van der Waals surface area contributed by atoms with Crippen LogP contribution in [-0.4, -0.2) is 85.9 Å². The van der Waals surface area contributed by atoms with Gasteiger partial charge in [-0.3, -0.25) is 9.80 Å². The number of nitrogen functional groups attached to an aromatic ring is 1. The van der Waals surface area contributed by atoms with Gasteiger partial charge in [0.1, 0.15) is 23.6 Å². The molecule has 0 aliphatic carbocycles. The quantitative estimate of drug-likeness (QED) is 0.415. The molecule has 4 aromatic rings. The maximum Gasteiger partial charge on any atom is 0.219 e. The lowest BCUT2D eigenvalue weighted by Gasteiger charge is -2.52. The Kier molecular flexibility index (Phi) is 5.72. The number of hydrogen-bond acceptors (Lipinski definition) is 9. The van der Waals surface area contributed by atoms with Crippen molar-refractivity contribution in [1.82, 2.24) is 39.8 Å². The minimum absolute atomic E-state index is 0.280. The van der Waals surface area contributed by atoms with Gasteiger partial charge in [-0.15, -0.1) is 0 Å². The second-order valence-corrected chi connectivity index (χ2v) is 10.2. The van der Waals surface area contributed by atoms with Gasteiger partial charge < -0.3 is 15.8 Å². The fraction of sp³-hybridized carbons (Fsp3) is 0.407. The molecule has 3 N–H and O–H groups in total. The standard InChI is InChI=1S/C27H31N9O/c28-26-24-25(18-6-7-23(30-12-18)37-22-4-2-1-3-5-22)33-36(27(24)32-17-31-26)19-8-10-34(11-9-19)21-15-35(16-21)20-13-29-14-20/h1-7,12,17,19-21,29H,8-11,13-16H2,(H2,28,31,32). The average molecular weight is 498 g/mol. The topological polar surface area (TPSA) is 110 Å². The number of anilines is 1. The van der Waals surface area contributed by atoms with Crippen LogP contribution in [0.5, 0.6) is 11.6 Å². The van der Waals surface area contributed by atoms with Crippen molar-refractivity contribution in [3.63, 3.8) is 0 Å². The Morgan fingerprint density at radius 2 is 1.68 bits per heavy atom. The molecule has 10 nitrogen and oxygen atoms in total. The molecule has 3 fully saturated rings. The van der Waals surface area contributed by atoms with Crippen molar-refractivity contribution in [1.29, 1.82) is 0 Å². The molecule has 10 heteroatoms. The molecule has 3 saturated heterocycles. The monoisotopic (exact) mass is 497 g/mol. The van der Waals surface area contributed by atoms with Gasteiger partial charge in [0.25, 0.3) is 0 Å². The minimum atomic E-state index is 0.280. The largest absolute Gasteiger partial charge is 0.439 e. The van der Waals surface area contributed by atoms with Gasteiger partial charge in [-0.05, 0) is 31.0 Å². The zero-order valence-corrected chi connectivity index (χ0v) is 20.7. The van der Waals surface area contributed by atoms with E-state index in [0.29, 0.717) is 17.7 Å². The van der Waals surface area contributed by atoms with Gasteiger partial charge in [0.05, 0.1) is 11.4 Å². The van der Waals surface area contributed by atoms with Crippen molar-refractivity contribution in [2.24, 2.45) is 0 Å². The molecule has 0 saturated carbocycles. The minimum Gasteiger partial charge on any atom is -0.439 e. The highest BCUT2D eigenvalue weighted by atomic mass is 16.5. The normalized spacial score (nSPS) is 20.1. The van der Waals surface area contributed by atoms with Crippen LogP contribution in [-0.2, 0) is 0 Å². The summed E-state index contributed by atoms with van der Waals surface area (Å²) in [4.78, 5) is 18.7. The number of pyridine rings is 1. The molecule has 0 unspecified atom stereocenters. The highest BCUT2D eigenvalue weighted by Crippen LogP contribution is 2.35. The summed E-state index contributed by atoms with van der Waals surface area (Å²) in [5.41, 5.74) is 8.76. The summed E-state index contributed by atoms with van der Waals surface area (Å²) in [5, 5.41) is 9.20. The molecule has 3 aromatic heterocycles. The second kappa shape index (κ2) is 9.37. The maximum atomic E-state index is 6.34. The third-order valence-electron chi connectivity index (χ3n) is 8.02. The second-order valence-electron chi connectivity index (χ2n) is 10.2. The van der Waals surface area contributed by atoms with Crippen LogP contribution >= 0.6 is 0 Å². The van der Waals surface area contributed by atoms with Crippen molar-refractivity contribution in [2.45, 2.75) is 31.0 Å². The van der Waals surface area contributed by atoms with Gasteiger partial charge in [-0.25, -0.2) is 19.6 Å². The van der Waals surface area contributed by atoms with Gasteiger partial charge in [0.2, 0.25) is 5.88 Å². The number of piperidine rings is 1. The number of nitrogens with zero attached hydrogens (tertiary/aromatic N) is 7. The van der Waals surface area contributed by atoms with Gasteiger partial charge in [-0.1, -0.05) is 18.2 Å². The zero-order valence-electron chi connectivity index (χ0n) is 20.7. The van der Waals surface area contributed by atoms with Crippen LogP contribution in [0.2, 0.25) is 0 Å². The van der Waals surface area contributed by atoms with E-state index in [2.05, 4.69) is 34.8 Å². The molecular formula is C27H31N9O. The Morgan fingerprint density at radius 1 is 0.865 bits per heavy atom. The third kappa shape index (κ3) is 4.20. The highest BCUT2D eigenvalue weighted by molar-refractivity contribution is 5.98. The summed E-state index contributed by atoms with van der Waals surface area (Å²) in [6.07, 6.45) is 5.40. The van der Waals surface area contributed by atoms with E-state index in [1.807, 2.05) is 42.5 Å². The first-order chi connectivity index (χ1) is 18.2. The smallest absolute Gasteiger partial charge is 0.219 e. The zero-order chi connectivity index (χ0) is 24.8. The van der Waals surface area contributed by atoms with Gasteiger partial charge >= 0.3 is 0 Å². The first-order valence-corrected chi connectivity index (χ1v) is 13.1. The molecule has 37 heavy (non-hydrogen) atoms. The van der Waals surface area contributed by atoms with Crippen molar-refractivity contribution in [3.8, 4) is 22.9 Å². The van der Waals surface area contributed by atoms with E-state index in [1.165, 1.54) is 19.4 Å². The van der Waals surface area contributed by atoms with Crippen LogP contribution in [0.3, 0.4) is 0 Å². The average Bonchev–Trinajstić information content (AvgIpc) is 3.27. The molecular weight excluding hydrogens is 466 g/mol. The van der Waals surface area contributed by atoms with E-state index in [9.17, 15) is 0 Å². The Bertz CT molecular complexity index is 1370. The Hall–Kier alpha value is -3.60. The molecule has 1 aromatic carbocycles. The highest BCUT2D eigenvalue weighted by Gasteiger charge is 2.39. The number of benzene rings is 1.